The molecular weight excluding hydrogens is 478 g/mol. The number of benzene rings is 2. The molecule has 1 aliphatic heterocycles. The number of carboxylic acid groups (broad SMARTS) is 1. The second-order valence-electron chi connectivity index (χ2n) is 11.5. The van der Waals surface area contributed by atoms with Crippen LogP contribution in [0.25, 0.3) is 0 Å². The quantitative estimate of drug-likeness (QED) is 0.551. The molecule has 4 aliphatic carbocycles. The molecule has 0 radical (unpaired) electrons. The van der Waals surface area contributed by atoms with Gasteiger partial charge in [0.2, 0.25) is 5.91 Å². The largest absolute Gasteiger partial charge is 0.489 e. The number of halogens is 1. The van der Waals surface area contributed by atoms with Crippen molar-refractivity contribution in [3.63, 3.8) is 0 Å². The van der Waals surface area contributed by atoms with Crippen molar-refractivity contribution < 1.29 is 24.5 Å². The van der Waals surface area contributed by atoms with Gasteiger partial charge in [-0.25, -0.2) is 4.79 Å². The van der Waals surface area contributed by atoms with E-state index in [1.807, 2.05) is 12.1 Å². The average molecular weight is 510 g/mol. The van der Waals surface area contributed by atoms with Gasteiger partial charge in [-0.3, -0.25) is 4.79 Å². The summed E-state index contributed by atoms with van der Waals surface area (Å²) in [5, 5.41) is 20.5. The molecule has 190 valence electrons. The zero-order valence-corrected chi connectivity index (χ0v) is 21.0. The van der Waals surface area contributed by atoms with Crippen LogP contribution in [0.15, 0.2) is 42.5 Å². The van der Waals surface area contributed by atoms with Crippen molar-refractivity contribution in [2.75, 3.05) is 6.54 Å². The van der Waals surface area contributed by atoms with Crippen LogP contribution in [0.2, 0.25) is 5.02 Å². The first-order valence-electron chi connectivity index (χ1n) is 13.0. The summed E-state index contributed by atoms with van der Waals surface area (Å²) < 4.78 is 5.85. The van der Waals surface area contributed by atoms with E-state index < -0.39 is 11.6 Å². The maximum Gasteiger partial charge on any atom is 0.335 e. The molecule has 0 aromatic heterocycles. The van der Waals surface area contributed by atoms with Gasteiger partial charge in [0, 0.05) is 23.5 Å². The lowest BCUT2D eigenvalue weighted by Crippen LogP contribution is -2.62. The van der Waals surface area contributed by atoms with Crippen LogP contribution in [0.1, 0.15) is 60.0 Å². The molecule has 4 saturated carbocycles. The molecule has 1 saturated heterocycles. The van der Waals surface area contributed by atoms with Crippen molar-refractivity contribution >= 4 is 23.5 Å². The number of carbonyl (C=O) groups excluding carboxylic acids is 1. The number of carboxylic acids is 1. The summed E-state index contributed by atoms with van der Waals surface area (Å²) >= 11 is 6.59. The van der Waals surface area contributed by atoms with E-state index in [0.29, 0.717) is 47.6 Å². The zero-order valence-electron chi connectivity index (χ0n) is 20.2. The van der Waals surface area contributed by atoms with Gasteiger partial charge >= 0.3 is 5.97 Å². The number of likely N-dealkylation sites (tertiary alicyclic amines) is 1. The Morgan fingerprint density at radius 1 is 1.08 bits per heavy atom. The minimum Gasteiger partial charge on any atom is -0.489 e. The third-order valence-electron chi connectivity index (χ3n) is 9.00. The normalized spacial score (nSPS) is 32.8. The number of hydrogen-bond donors (Lipinski definition) is 2. The summed E-state index contributed by atoms with van der Waals surface area (Å²) in [7, 11) is 0. The van der Waals surface area contributed by atoms with E-state index in [0.717, 1.165) is 56.2 Å². The Balaban J connectivity index is 1.07. The Morgan fingerprint density at radius 3 is 2.44 bits per heavy atom. The van der Waals surface area contributed by atoms with E-state index in [-0.39, 0.29) is 17.4 Å². The Kier molecular flexibility index (Phi) is 6.00. The van der Waals surface area contributed by atoms with Crippen molar-refractivity contribution in [3.05, 3.63) is 64.2 Å². The van der Waals surface area contributed by atoms with Crippen LogP contribution in [0, 0.1) is 23.7 Å². The average Bonchev–Trinajstić information content (AvgIpc) is 3.18. The molecule has 36 heavy (non-hydrogen) atoms. The van der Waals surface area contributed by atoms with Crippen LogP contribution in [-0.2, 0) is 17.8 Å². The Morgan fingerprint density at radius 2 is 1.81 bits per heavy atom. The fourth-order valence-corrected chi connectivity index (χ4v) is 7.92. The monoisotopic (exact) mass is 509 g/mol. The molecule has 0 spiro atoms. The first kappa shape index (κ1) is 23.8. The highest BCUT2D eigenvalue weighted by Crippen LogP contribution is 2.57. The van der Waals surface area contributed by atoms with Crippen LogP contribution < -0.4 is 4.74 Å². The highest BCUT2D eigenvalue weighted by Gasteiger charge is 2.57. The number of rotatable bonds is 7. The highest BCUT2D eigenvalue weighted by atomic mass is 35.5. The summed E-state index contributed by atoms with van der Waals surface area (Å²) in [4.78, 5) is 26.6. The van der Waals surface area contributed by atoms with Gasteiger partial charge in [0.1, 0.15) is 12.4 Å². The topological polar surface area (TPSA) is 87.1 Å². The summed E-state index contributed by atoms with van der Waals surface area (Å²) in [6.07, 6.45) is 6.47. The summed E-state index contributed by atoms with van der Waals surface area (Å²) in [6, 6.07) is 12.5. The first-order valence-corrected chi connectivity index (χ1v) is 13.4. The van der Waals surface area contributed by atoms with Crippen molar-refractivity contribution in [2.45, 2.75) is 63.2 Å². The maximum absolute atomic E-state index is 13.5. The molecule has 7 heteroatoms. The van der Waals surface area contributed by atoms with Gasteiger partial charge in [0.25, 0.3) is 0 Å². The molecule has 2 aromatic carbocycles. The second kappa shape index (κ2) is 9.07. The van der Waals surface area contributed by atoms with Crippen molar-refractivity contribution in [1.82, 2.24) is 4.90 Å². The minimum absolute atomic E-state index is 0.0534. The number of nitrogens with zero attached hydrogens (tertiary/aromatic N) is 1. The van der Waals surface area contributed by atoms with Gasteiger partial charge in [-0.1, -0.05) is 29.8 Å². The SMILES string of the molecule is O=C(O)c1ccc(COc2ccc(CC3CCN(C4C5CC6CC4CC(O)(C6)C5)C3=O)c(Cl)c2)cc1. The van der Waals surface area contributed by atoms with Crippen molar-refractivity contribution in [2.24, 2.45) is 23.7 Å². The number of ether oxygens (including phenoxy) is 1. The number of amides is 1. The second-order valence-corrected chi connectivity index (χ2v) is 11.9. The number of aromatic carboxylic acids is 1. The molecule has 2 aromatic rings. The highest BCUT2D eigenvalue weighted by molar-refractivity contribution is 6.31. The van der Waals surface area contributed by atoms with Crippen molar-refractivity contribution in [3.8, 4) is 5.75 Å². The van der Waals surface area contributed by atoms with Crippen molar-refractivity contribution in [1.29, 1.82) is 0 Å². The van der Waals surface area contributed by atoms with Crippen LogP contribution in [0.3, 0.4) is 0 Å². The maximum atomic E-state index is 13.5. The number of aliphatic hydroxyl groups is 1. The minimum atomic E-state index is -0.953. The summed E-state index contributed by atoms with van der Waals surface area (Å²) in [5.74, 6) is 1.42. The molecule has 5 fully saturated rings. The van der Waals surface area contributed by atoms with E-state index in [2.05, 4.69) is 4.90 Å². The molecule has 5 aliphatic rings. The van der Waals surface area contributed by atoms with Gasteiger partial charge in [0.05, 0.1) is 11.2 Å². The van der Waals surface area contributed by atoms with E-state index in [1.54, 1.807) is 30.3 Å². The first-order chi connectivity index (χ1) is 17.3. The predicted molar refractivity (Wildman–Crippen MR) is 135 cm³/mol. The Hall–Kier alpha value is -2.57. The van der Waals surface area contributed by atoms with E-state index in [9.17, 15) is 14.7 Å². The zero-order chi connectivity index (χ0) is 25.0. The van der Waals surface area contributed by atoms with Crippen LogP contribution in [0.5, 0.6) is 5.75 Å². The molecule has 3 unspecified atom stereocenters. The summed E-state index contributed by atoms with van der Waals surface area (Å²) in [6.45, 7) is 1.12. The molecule has 4 bridgehead atoms. The Bertz CT molecular complexity index is 1160. The summed E-state index contributed by atoms with van der Waals surface area (Å²) in [5.41, 5.74) is 1.59. The standard InChI is InChI=1S/C29H32ClNO5/c30-25-12-24(36-16-17-1-3-19(4-2-17)28(33)34)6-5-20(25)11-21-7-8-31(27(21)32)26-22-9-18-10-23(26)15-29(35,13-18)14-22/h1-6,12,18,21-23,26,35H,7-11,13-16H2,(H,33,34). The third kappa shape index (κ3) is 4.39. The molecular formula is C29H32ClNO5. The van der Waals surface area contributed by atoms with Gasteiger partial charge in [0.15, 0.2) is 0 Å². The number of carbonyl (C=O) groups is 2. The lowest BCUT2D eigenvalue weighted by atomic mass is 9.52. The van der Waals surface area contributed by atoms with Crippen LogP contribution >= 0.6 is 11.6 Å². The lowest BCUT2D eigenvalue weighted by Gasteiger charge is -2.59. The van der Waals surface area contributed by atoms with Gasteiger partial charge in [-0.15, -0.1) is 0 Å². The van der Waals surface area contributed by atoms with Crippen LogP contribution in [0.4, 0.5) is 0 Å². The van der Waals surface area contributed by atoms with E-state index in [4.69, 9.17) is 21.4 Å². The van der Waals surface area contributed by atoms with Crippen LogP contribution in [-0.4, -0.2) is 45.2 Å². The molecule has 7 rings (SSSR count). The fraction of sp³-hybridized carbons (Fsp3) is 0.517. The molecule has 1 amide bonds. The fourth-order valence-electron chi connectivity index (χ4n) is 7.67. The van der Waals surface area contributed by atoms with Gasteiger partial charge < -0.3 is 19.8 Å². The van der Waals surface area contributed by atoms with E-state index in [1.165, 1.54) is 0 Å². The van der Waals surface area contributed by atoms with E-state index >= 15 is 0 Å². The molecule has 2 N–H and O–H groups in total. The lowest BCUT2D eigenvalue weighted by molar-refractivity contribution is -0.168. The van der Waals surface area contributed by atoms with Gasteiger partial charge in [-0.2, -0.15) is 0 Å². The number of hydrogen-bond acceptors (Lipinski definition) is 4. The molecule has 1 heterocycles. The molecule has 6 nitrogen and oxygen atoms in total. The third-order valence-corrected chi connectivity index (χ3v) is 9.35. The molecule has 3 atom stereocenters. The predicted octanol–water partition coefficient (Wildman–Crippen LogP) is 4.95. The van der Waals surface area contributed by atoms with Gasteiger partial charge in [-0.05, 0) is 98.1 Å². The smallest absolute Gasteiger partial charge is 0.335 e. The Labute approximate surface area is 216 Å².